The standard InChI is InChI=1S/C16H29NS/c1-7-17-13(9-8-12(2)3)14-10-11-15(18-14)16(4,5)6/h10-13,17H,7-9H2,1-6H3. The first kappa shape index (κ1) is 15.7. The van der Waals surface area contributed by atoms with E-state index in [0.717, 1.165) is 12.5 Å². The van der Waals surface area contributed by atoms with E-state index in [-0.39, 0.29) is 5.41 Å². The Bertz CT molecular complexity index is 346. The molecule has 0 fully saturated rings. The normalized spacial score (nSPS) is 14.2. The number of hydrogen-bond acceptors (Lipinski definition) is 2. The van der Waals surface area contributed by atoms with Gasteiger partial charge in [0.05, 0.1) is 0 Å². The molecule has 0 spiro atoms. The predicted molar refractivity (Wildman–Crippen MR) is 83.5 cm³/mol. The average molecular weight is 267 g/mol. The van der Waals surface area contributed by atoms with Gasteiger partial charge in [-0.15, -0.1) is 11.3 Å². The number of rotatable bonds is 6. The van der Waals surface area contributed by atoms with E-state index in [4.69, 9.17) is 0 Å². The largest absolute Gasteiger partial charge is 0.310 e. The molecule has 0 bridgehead atoms. The van der Waals surface area contributed by atoms with Gasteiger partial charge in [0.15, 0.2) is 0 Å². The molecule has 0 radical (unpaired) electrons. The number of nitrogens with one attached hydrogen (secondary N) is 1. The average Bonchev–Trinajstić information content (AvgIpc) is 2.72. The Labute approximate surface area is 117 Å². The van der Waals surface area contributed by atoms with Crippen LogP contribution in [-0.4, -0.2) is 6.54 Å². The summed E-state index contributed by atoms with van der Waals surface area (Å²) in [5, 5.41) is 3.63. The lowest BCUT2D eigenvalue weighted by atomic mass is 9.95. The first-order valence-corrected chi connectivity index (χ1v) is 7.99. The van der Waals surface area contributed by atoms with Crippen LogP contribution in [0, 0.1) is 5.92 Å². The van der Waals surface area contributed by atoms with Crippen molar-refractivity contribution < 1.29 is 0 Å². The molecule has 0 saturated heterocycles. The molecule has 1 N–H and O–H groups in total. The highest BCUT2D eigenvalue weighted by atomic mass is 32.1. The minimum absolute atomic E-state index is 0.276. The highest BCUT2D eigenvalue weighted by molar-refractivity contribution is 7.12. The van der Waals surface area contributed by atoms with E-state index in [0.29, 0.717) is 6.04 Å². The van der Waals surface area contributed by atoms with Gasteiger partial charge in [-0.2, -0.15) is 0 Å². The van der Waals surface area contributed by atoms with E-state index < -0.39 is 0 Å². The van der Waals surface area contributed by atoms with Crippen LogP contribution in [0.3, 0.4) is 0 Å². The van der Waals surface area contributed by atoms with Crippen molar-refractivity contribution in [3.8, 4) is 0 Å². The molecule has 0 aliphatic rings. The van der Waals surface area contributed by atoms with Gasteiger partial charge in [-0.3, -0.25) is 0 Å². The minimum atomic E-state index is 0.276. The van der Waals surface area contributed by atoms with Crippen LogP contribution in [0.2, 0.25) is 0 Å². The second-order valence-electron chi connectivity index (χ2n) is 6.53. The molecular formula is C16H29NS. The Balaban J connectivity index is 2.76. The fraction of sp³-hybridized carbons (Fsp3) is 0.750. The second-order valence-corrected chi connectivity index (χ2v) is 7.65. The topological polar surface area (TPSA) is 12.0 Å². The van der Waals surface area contributed by atoms with Gasteiger partial charge < -0.3 is 5.32 Å². The molecule has 1 unspecified atom stereocenters. The van der Waals surface area contributed by atoms with Crippen LogP contribution in [0.25, 0.3) is 0 Å². The zero-order valence-electron chi connectivity index (χ0n) is 12.8. The molecule has 0 aliphatic heterocycles. The van der Waals surface area contributed by atoms with Crippen LogP contribution in [-0.2, 0) is 5.41 Å². The molecule has 104 valence electrons. The summed E-state index contributed by atoms with van der Waals surface area (Å²) in [4.78, 5) is 2.99. The van der Waals surface area contributed by atoms with Crippen LogP contribution >= 0.6 is 11.3 Å². The third kappa shape index (κ3) is 4.74. The molecule has 1 atom stereocenters. The Morgan fingerprint density at radius 3 is 2.28 bits per heavy atom. The van der Waals surface area contributed by atoms with Gasteiger partial charge in [-0.1, -0.05) is 41.5 Å². The van der Waals surface area contributed by atoms with Crippen molar-refractivity contribution >= 4 is 11.3 Å². The van der Waals surface area contributed by atoms with Crippen molar-refractivity contribution in [1.82, 2.24) is 5.32 Å². The summed E-state index contributed by atoms with van der Waals surface area (Å²) in [6.45, 7) is 14.7. The summed E-state index contributed by atoms with van der Waals surface area (Å²) in [6, 6.07) is 5.16. The molecule has 18 heavy (non-hydrogen) atoms. The van der Waals surface area contributed by atoms with Gasteiger partial charge in [0.2, 0.25) is 0 Å². The predicted octanol–water partition coefficient (Wildman–Crippen LogP) is 5.13. The monoisotopic (exact) mass is 267 g/mol. The Hall–Kier alpha value is -0.340. The highest BCUT2D eigenvalue weighted by Gasteiger charge is 2.19. The van der Waals surface area contributed by atoms with Gasteiger partial charge in [0, 0.05) is 15.8 Å². The van der Waals surface area contributed by atoms with Crippen LogP contribution in [0.4, 0.5) is 0 Å². The molecule has 1 heterocycles. The summed E-state index contributed by atoms with van der Waals surface area (Å²) in [5.41, 5.74) is 0.276. The first-order chi connectivity index (χ1) is 8.34. The van der Waals surface area contributed by atoms with E-state index >= 15 is 0 Å². The van der Waals surface area contributed by atoms with E-state index in [1.807, 2.05) is 11.3 Å². The summed E-state index contributed by atoms with van der Waals surface area (Å²) >= 11 is 1.98. The maximum absolute atomic E-state index is 3.63. The van der Waals surface area contributed by atoms with Crippen LogP contribution < -0.4 is 5.32 Å². The maximum atomic E-state index is 3.63. The number of thiophene rings is 1. The van der Waals surface area contributed by atoms with Gasteiger partial charge in [-0.05, 0) is 42.9 Å². The van der Waals surface area contributed by atoms with E-state index in [1.165, 1.54) is 22.6 Å². The Morgan fingerprint density at radius 1 is 1.17 bits per heavy atom. The SMILES string of the molecule is CCNC(CCC(C)C)c1ccc(C(C)(C)C)s1. The lowest BCUT2D eigenvalue weighted by Crippen LogP contribution is -2.20. The van der Waals surface area contributed by atoms with Crippen LogP contribution in [0.5, 0.6) is 0 Å². The van der Waals surface area contributed by atoms with Crippen molar-refractivity contribution in [3.63, 3.8) is 0 Å². The van der Waals surface area contributed by atoms with Crippen molar-refractivity contribution in [2.45, 2.75) is 65.8 Å². The smallest absolute Gasteiger partial charge is 0.0414 e. The van der Waals surface area contributed by atoms with E-state index in [9.17, 15) is 0 Å². The van der Waals surface area contributed by atoms with E-state index in [1.54, 1.807) is 0 Å². The quantitative estimate of drug-likeness (QED) is 0.753. The van der Waals surface area contributed by atoms with E-state index in [2.05, 4.69) is 59.0 Å². The van der Waals surface area contributed by atoms with Gasteiger partial charge in [-0.25, -0.2) is 0 Å². The summed E-state index contributed by atoms with van der Waals surface area (Å²) < 4.78 is 0. The third-order valence-electron chi connectivity index (χ3n) is 3.19. The molecule has 1 nitrogen and oxygen atoms in total. The van der Waals surface area contributed by atoms with Gasteiger partial charge >= 0.3 is 0 Å². The van der Waals surface area contributed by atoms with Crippen molar-refractivity contribution in [2.75, 3.05) is 6.54 Å². The first-order valence-electron chi connectivity index (χ1n) is 7.18. The van der Waals surface area contributed by atoms with Gasteiger partial charge in [0.1, 0.15) is 0 Å². The zero-order valence-corrected chi connectivity index (χ0v) is 13.7. The Kier molecular flexibility index (Phi) is 5.87. The molecular weight excluding hydrogens is 238 g/mol. The van der Waals surface area contributed by atoms with Crippen molar-refractivity contribution in [3.05, 3.63) is 21.9 Å². The molecule has 1 rings (SSSR count). The fourth-order valence-electron chi connectivity index (χ4n) is 2.03. The van der Waals surface area contributed by atoms with Crippen molar-refractivity contribution in [1.29, 1.82) is 0 Å². The molecule has 0 aromatic carbocycles. The lowest BCUT2D eigenvalue weighted by molar-refractivity contribution is 0.453. The maximum Gasteiger partial charge on any atom is 0.0414 e. The third-order valence-corrected chi connectivity index (χ3v) is 4.82. The minimum Gasteiger partial charge on any atom is -0.310 e. The van der Waals surface area contributed by atoms with Gasteiger partial charge in [0.25, 0.3) is 0 Å². The Morgan fingerprint density at radius 2 is 1.83 bits per heavy atom. The molecule has 0 aliphatic carbocycles. The summed E-state index contributed by atoms with van der Waals surface area (Å²) in [6.07, 6.45) is 2.54. The number of hydrogen-bond donors (Lipinski definition) is 1. The van der Waals surface area contributed by atoms with Crippen LogP contribution in [0.15, 0.2) is 12.1 Å². The molecule has 0 saturated carbocycles. The van der Waals surface area contributed by atoms with Crippen LogP contribution in [0.1, 0.15) is 70.2 Å². The second kappa shape index (κ2) is 6.72. The molecule has 0 amide bonds. The molecule has 2 heteroatoms. The summed E-state index contributed by atoms with van der Waals surface area (Å²) in [7, 11) is 0. The zero-order chi connectivity index (χ0) is 13.8. The summed E-state index contributed by atoms with van der Waals surface area (Å²) in [5.74, 6) is 0.785. The fourth-order valence-corrected chi connectivity index (χ4v) is 3.21. The molecule has 1 aromatic rings. The highest BCUT2D eigenvalue weighted by Crippen LogP contribution is 2.34. The lowest BCUT2D eigenvalue weighted by Gasteiger charge is -2.19. The van der Waals surface area contributed by atoms with Crippen molar-refractivity contribution in [2.24, 2.45) is 5.92 Å². The molecule has 1 aromatic heterocycles.